The Kier molecular flexibility index (Phi) is 9.58. The van der Waals surface area contributed by atoms with Crippen LogP contribution in [0.4, 0.5) is 0 Å². The van der Waals surface area contributed by atoms with Crippen LogP contribution in [0.25, 0.3) is 0 Å². The Labute approximate surface area is 209 Å². The van der Waals surface area contributed by atoms with Crippen molar-refractivity contribution in [3.63, 3.8) is 0 Å². The lowest BCUT2D eigenvalue weighted by molar-refractivity contribution is -0.0503. The second-order valence-corrected chi connectivity index (χ2v) is 11.0. The van der Waals surface area contributed by atoms with Gasteiger partial charge in [-0.3, -0.25) is 4.79 Å². The van der Waals surface area contributed by atoms with Gasteiger partial charge in [0.05, 0.1) is 16.2 Å². The van der Waals surface area contributed by atoms with Crippen molar-refractivity contribution in [3.8, 4) is 5.75 Å². The summed E-state index contributed by atoms with van der Waals surface area (Å²) < 4.78 is 5.76. The number of carbonyl (C=O) groups is 1. The lowest BCUT2D eigenvalue weighted by Crippen LogP contribution is -2.51. The molecule has 5 nitrogen and oxygen atoms in total. The van der Waals surface area contributed by atoms with E-state index in [1.54, 1.807) is 32.0 Å². The van der Waals surface area contributed by atoms with Gasteiger partial charge in [0.15, 0.2) is 0 Å². The molecule has 0 heterocycles. The predicted octanol–water partition coefficient (Wildman–Crippen LogP) is 4.87. The third-order valence-corrected chi connectivity index (χ3v) is 7.41. The van der Waals surface area contributed by atoms with E-state index in [0.29, 0.717) is 41.4 Å². The van der Waals surface area contributed by atoms with Crippen LogP contribution in [0, 0.1) is 23.2 Å². The molecule has 0 saturated heterocycles. The maximum Gasteiger partial charge on any atom is 0.252 e. The average Bonchev–Trinajstić information content (AvgIpc) is 2.65. The number of carbonyl (C=O) groups excluding carboxylic acids is 1. The van der Waals surface area contributed by atoms with E-state index in [1.807, 2.05) is 0 Å². The van der Waals surface area contributed by atoms with Crippen molar-refractivity contribution in [2.24, 2.45) is 23.2 Å². The third kappa shape index (κ3) is 6.89. The van der Waals surface area contributed by atoms with E-state index >= 15 is 0 Å². The molecule has 4 aliphatic rings. The Bertz CT molecular complexity index is 747. The summed E-state index contributed by atoms with van der Waals surface area (Å²) in [4.78, 5) is 12.9. The fraction of sp³-hybridized carbons (Fsp3) is 0.708. The number of rotatable bonds is 9. The summed E-state index contributed by atoms with van der Waals surface area (Å²) in [6, 6.07) is 5.24. The maximum atomic E-state index is 12.9. The normalized spacial score (nSPS) is 27.9. The molecule has 0 unspecified atom stereocenters. The number of hydrogen-bond acceptors (Lipinski definition) is 4. The number of halogens is 3. The third-order valence-electron chi connectivity index (χ3n) is 7.08. The minimum Gasteiger partial charge on any atom is -0.492 e. The fourth-order valence-corrected chi connectivity index (χ4v) is 6.48. The van der Waals surface area contributed by atoms with Gasteiger partial charge in [-0.1, -0.05) is 11.6 Å². The van der Waals surface area contributed by atoms with E-state index in [0.717, 1.165) is 24.3 Å². The molecule has 0 aromatic heterocycles. The van der Waals surface area contributed by atoms with Gasteiger partial charge in [0, 0.05) is 19.6 Å². The van der Waals surface area contributed by atoms with Crippen LogP contribution in [0.1, 0.15) is 62.7 Å². The second kappa shape index (κ2) is 11.1. The van der Waals surface area contributed by atoms with Gasteiger partial charge in [0.2, 0.25) is 0 Å². The molecule has 8 heteroatoms. The zero-order valence-electron chi connectivity index (χ0n) is 19.0. The molecule has 0 aliphatic heterocycles. The first kappa shape index (κ1) is 27.5. The molecule has 4 bridgehead atoms. The molecule has 32 heavy (non-hydrogen) atoms. The van der Waals surface area contributed by atoms with Crippen LogP contribution in [0.3, 0.4) is 0 Å². The van der Waals surface area contributed by atoms with Crippen molar-refractivity contribution >= 4 is 42.3 Å². The quantitative estimate of drug-likeness (QED) is 0.417. The van der Waals surface area contributed by atoms with Gasteiger partial charge in [-0.15, -0.1) is 24.8 Å². The number of ether oxygens (including phenoxy) is 1. The van der Waals surface area contributed by atoms with Gasteiger partial charge >= 0.3 is 0 Å². The van der Waals surface area contributed by atoms with E-state index in [-0.39, 0.29) is 30.7 Å². The lowest BCUT2D eigenvalue weighted by Gasteiger charge is -2.56. The van der Waals surface area contributed by atoms with Gasteiger partial charge in [-0.05, 0) is 93.7 Å². The molecule has 0 spiro atoms. The summed E-state index contributed by atoms with van der Waals surface area (Å²) in [6.45, 7) is 5.83. The largest absolute Gasteiger partial charge is 0.492 e. The monoisotopic (exact) mass is 506 g/mol. The summed E-state index contributed by atoms with van der Waals surface area (Å²) >= 11 is 6.32. The summed E-state index contributed by atoms with van der Waals surface area (Å²) in [5, 5.41) is 16.5. The van der Waals surface area contributed by atoms with Crippen LogP contribution in [0.15, 0.2) is 18.2 Å². The minimum atomic E-state index is -0.748. The highest BCUT2D eigenvalue weighted by Crippen LogP contribution is 2.59. The molecule has 3 N–H and O–H groups in total. The predicted molar refractivity (Wildman–Crippen MR) is 134 cm³/mol. The molecule has 4 fully saturated rings. The highest BCUT2D eigenvalue weighted by Gasteiger charge is 2.50. The van der Waals surface area contributed by atoms with Crippen molar-refractivity contribution < 1.29 is 14.6 Å². The van der Waals surface area contributed by atoms with Crippen molar-refractivity contribution in [1.82, 2.24) is 10.6 Å². The Morgan fingerprint density at radius 2 is 1.75 bits per heavy atom. The maximum absolute atomic E-state index is 12.9. The summed E-state index contributed by atoms with van der Waals surface area (Å²) in [5.41, 5.74) is 0.0303. The molecule has 4 aliphatic carbocycles. The molecule has 1 aromatic carbocycles. The topological polar surface area (TPSA) is 70.6 Å². The van der Waals surface area contributed by atoms with E-state index in [9.17, 15) is 9.90 Å². The van der Waals surface area contributed by atoms with Gasteiger partial charge in [-0.2, -0.15) is 0 Å². The van der Waals surface area contributed by atoms with Crippen LogP contribution in [-0.2, 0) is 0 Å². The lowest BCUT2D eigenvalue weighted by atomic mass is 9.49. The van der Waals surface area contributed by atoms with Crippen LogP contribution in [0.2, 0.25) is 5.02 Å². The van der Waals surface area contributed by atoms with E-state index in [1.165, 1.54) is 38.5 Å². The highest BCUT2D eigenvalue weighted by atomic mass is 35.5. The molecular formula is C24H37Cl3N2O3. The van der Waals surface area contributed by atoms with Gasteiger partial charge in [-0.25, -0.2) is 0 Å². The Morgan fingerprint density at radius 3 is 2.31 bits per heavy atom. The molecule has 0 radical (unpaired) electrons. The SMILES string of the molecule is CC(C)(O)CNCCOc1ccc(Cl)c(C(=O)NCC23CC4CC(CC(C4)C2)C3)c1.Cl.Cl. The van der Waals surface area contributed by atoms with Crippen LogP contribution in [0.5, 0.6) is 5.75 Å². The number of amides is 1. The first-order valence-electron chi connectivity index (χ1n) is 11.4. The standard InChI is InChI=1S/C24H35ClN2O3.2ClH/c1-23(2,29)14-26-5-6-30-19-3-4-21(25)20(10-19)22(28)27-15-24-11-16-7-17(12-24)9-18(8-16)13-24;;/h3-4,10,16-18,26,29H,5-9,11-15H2,1-2H3,(H,27,28);2*1H. The van der Waals surface area contributed by atoms with Crippen molar-refractivity contribution in [2.45, 2.75) is 58.0 Å². The molecular weight excluding hydrogens is 471 g/mol. The minimum absolute atomic E-state index is 0. The Morgan fingerprint density at radius 1 is 1.16 bits per heavy atom. The molecule has 4 saturated carbocycles. The molecule has 5 rings (SSSR count). The fourth-order valence-electron chi connectivity index (χ4n) is 6.27. The van der Waals surface area contributed by atoms with Crippen molar-refractivity contribution in [1.29, 1.82) is 0 Å². The first-order chi connectivity index (χ1) is 14.2. The summed E-state index contributed by atoms with van der Waals surface area (Å²) in [6.07, 6.45) is 8.03. The zero-order valence-corrected chi connectivity index (χ0v) is 21.4. The number of aliphatic hydroxyl groups is 1. The smallest absolute Gasteiger partial charge is 0.252 e. The van der Waals surface area contributed by atoms with Crippen molar-refractivity contribution in [3.05, 3.63) is 28.8 Å². The van der Waals surface area contributed by atoms with E-state index in [2.05, 4.69) is 10.6 Å². The Balaban J connectivity index is 0.00000181. The molecule has 1 amide bonds. The molecule has 182 valence electrons. The molecule has 0 atom stereocenters. The summed E-state index contributed by atoms with van der Waals surface area (Å²) in [7, 11) is 0. The van der Waals surface area contributed by atoms with Gasteiger partial charge in [0.1, 0.15) is 12.4 Å². The first-order valence-corrected chi connectivity index (χ1v) is 11.7. The van der Waals surface area contributed by atoms with E-state index < -0.39 is 5.60 Å². The van der Waals surface area contributed by atoms with Crippen LogP contribution < -0.4 is 15.4 Å². The van der Waals surface area contributed by atoms with Crippen LogP contribution >= 0.6 is 36.4 Å². The molecule has 1 aromatic rings. The van der Waals surface area contributed by atoms with Crippen molar-refractivity contribution in [2.75, 3.05) is 26.2 Å². The van der Waals surface area contributed by atoms with Crippen LogP contribution in [-0.4, -0.2) is 42.9 Å². The highest BCUT2D eigenvalue weighted by molar-refractivity contribution is 6.33. The number of nitrogens with one attached hydrogen (secondary N) is 2. The van der Waals surface area contributed by atoms with Gasteiger partial charge in [0.25, 0.3) is 5.91 Å². The number of hydrogen-bond donors (Lipinski definition) is 3. The number of benzene rings is 1. The summed E-state index contributed by atoms with van der Waals surface area (Å²) in [5.74, 6) is 3.14. The zero-order chi connectivity index (χ0) is 21.4. The second-order valence-electron chi connectivity index (χ2n) is 10.6. The van der Waals surface area contributed by atoms with Gasteiger partial charge < -0.3 is 20.5 Å². The Hall–Kier alpha value is -0.720. The van der Waals surface area contributed by atoms with E-state index in [4.69, 9.17) is 16.3 Å². The average molecular weight is 508 g/mol.